The van der Waals surface area contributed by atoms with Crippen molar-refractivity contribution in [3.05, 3.63) is 29.3 Å². The van der Waals surface area contributed by atoms with E-state index < -0.39 is 0 Å². The van der Waals surface area contributed by atoms with Crippen LogP contribution in [0.25, 0.3) is 0 Å². The van der Waals surface area contributed by atoms with Crippen LogP contribution in [0.2, 0.25) is 0 Å². The van der Waals surface area contributed by atoms with Gasteiger partial charge in [0.25, 0.3) is 5.91 Å². The highest BCUT2D eigenvalue weighted by Crippen LogP contribution is 2.15. The summed E-state index contributed by atoms with van der Waals surface area (Å²) < 4.78 is 0. The Labute approximate surface area is 98.0 Å². The van der Waals surface area contributed by atoms with E-state index in [-0.39, 0.29) is 5.91 Å². The van der Waals surface area contributed by atoms with E-state index in [2.05, 4.69) is 0 Å². The zero-order chi connectivity index (χ0) is 13.1. The second kappa shape index (κ2) is 9.98. The number of carbonyl (C=O) groups is 1. The van der Waals surface area contributed by atoms with Gasteiger partial charge in [0.05, 0.1) is 5.56 Å². The van der Waals surface area contributed by atoms with Crippen molar-refractivity contribution in [2.24, 2.45) is 5.84 Å². The van der Waals surface area contributed by atoms with Gasteiger partial charge in [0.2, 0.25) is 0 Å². The second-order valence-electron chi connectivity index (χ2n) is 2.51. The highest BCUT2D eigenvalue weighted by atomic mass is 16.2. The molecule has 4 nitrogen and oxygen atoms in total. The summed E-state index contributed by atoms with van der Waals surface area (Å²) in [5.41, 5.74) is 9.33. The summed E-state index contributed by atoms with van der Waals surface area (Å²) in [6, 6.07) is 5.26. The first-order chi connectivity index (χ1) is 7.66. The van der Waals surface area contributed by atoms with Gasteiger partial charge in [-0.2, -0.15) is 0 Å². The standard InChI is InChI=1S/C8H11N3O.2C2H6/c1-5-3-2-4-6(9)7(5)8(12)11-10;2*1-2/h2-4H,9-10H2,1H3,(H,11,12);2*1-2H3. The monoisotopic (exact) mass is 225 g/mol. The van der Waals surface area contributed by atoms with E-state index in [0.29, 0.717) is 11.3 Å². The SMILES string of the molecule is CC.CC.Cc1cccc(N)c1C(=O)NN. The zero-order valence-electron chi connectivity index (χ0n) is 10.8. The van der Waals surface area contributed by atoms with Crippen molar-refractivity contribution >= 4 is 11.6 Å². The van der Waals surface area contributed by atoms with Gasteiger partial charge in [-0.15, -0.1) is 0 Å². The van der Waals surface area contributed by atoms with Gasteiger partial charge >= 0.3 is 0 Å². The van der Waals surface area contributed by atoms with Crippen LogP contribution in [-0.4, -0.2) is 5.91 Å². The van der Waals surface area contributed by atoms with E-state index in [4.69, 9.17) is 11.6 Å². The minimum absolute atomic E-state index is 0.356. The lowest BCUT2D eigenvalue weighted by atomic mass is 10.1. The highest BCUT2D eigenvalue weighted by Gasteiger charge is 2.09. The third-order valence-corrected chi connectivity index (χ3v) is 1.66. The molecule has 0 fully saturated rings. The maximum atomic E-state index is 11.1. The van der Waals surface area contributed by atoms with Crippen LogP contribution < -0.4 is 17.0 Å². The molecule has 0 aliphatic heterocycles. The zero-order valence-corrected chi connectivity index (χ0v) is 10.8. The number of benzene rings is 1. The molecule has 1 amide bonds. The van der Waals surface area contributed by atoms with Crippen molar-refractivity contribution < 1.29 is 4.79 Å². The van der Waals surface area contributed by atoms with Crippen molar-refractivity contribution in [3.8, 4) is 0 Å². The Balaban J connectivity index is 0. The van der Waals surface area contributed by atoms with Gasteiger partial charge in [0.1, 0.15) is 0 Å². The van der Waals surface area contributed by atoms with Crippen LogP contribution in [-0.2, 0) is 0 Å². The molecule has 0 spiro atoms. The molecule has 1 aromatic rings. The predicted octanol–water partition coefficient (Wildman–Crippen LogP) is 2.23. The number of hydrogen-bond donors (Lipinski definition) is 3. The molecule has 0 heterocycles. The first-order valence-corrected chi connectivity index (χ1v) is 5.53. The van der Waals surface area contributed by atoms with Crippen LogP contribution in [0.5, 0.6) is 0 Å². The number of hydrogen-bond acceptors (Lipinski definition) is 3. The Morgan fingerprint density at radius 3 is 2.06 bits per heavy atom. The average Bonchev–Trinajstić information content (AvgIpc) is 2.33. The number of aryl methyl sites for hydroxylation is 1. The third-order valence-electron chi connectivity index (χ3n) is 1.66. The average molecular weight is 225 g/mol. The number of hydrazine groups is 1. The van der Waals surface area contributed by atoms with Gasteiger partial charge in [0, 0.05) is 5.69 Å². The van der Waals surface area contributed by atoms with Crippen LogP contribution in [0, 0.1) is 6.92 Å². The molecular weight excluding hydrogens is 202 g/mol. The number of nitrogen functional groups attached to an aromatic ring is 2. The van der Waals surface area contributed by atoms with Gasteiger partial charge < -0.3 is 5.73 Å². The molecule has 16 heavy (non-hydrogen) atoms. The molecule has 0 atom stereocenters. The summed E-state index contributed by atoms with van der Waals surface area (Å²) in [5, 5.41) is 0. The van der Waals surface area contributed by atoms with E-state index in [1.165, 1.54) is 0 Å². The van der Waals surface area contributed by atoms with Gasteiger partial charge in [-0.3, -0.25) is 10.2 Å². The third kappa shape index (κ3) is 4.79. The number of carbonyl (C=O) groups excluding carboxylic acids is 1. The van der Waals surface area contributed by atoms with Crippen molar-refractivity contribution in [1.82, 2.24) is 5.43 Å². The summed E-state index contributed by atoms with van der Waals surface area (Å²) in [6.45, 7) is 9.81. The summed E-state index contributed by atoms with van der Waals surface area (Å²) in [5.74, 6) is 4.63. The fourth-order valence-electron chi connectivity index (χ4n) is 1.07. The van der Waals surface area contributed by atoms with Gasteiger partial charge in [-0.1, -0.05) is 39.8 Å². The van der Waals surface area contributed by atoms with Crippen molar-refractivity contribution in [3.63, 3.8) is 0 Å². The fraction of sp³-hybridized carbons (Fsp3) is 0.417. The molecule has 4 heteroatoms. The molecule has 1 aromatic carbocycles. The van der Waals surface area contributed by atoms with Crippen LogP contribution in [0.4, 0.5) is 5.69 Å². The van der Waals surface area contributed by atoms with Gasteiger partial charge in [0.15, 0.2) is 0 Å². The molecule has 0 aromatic heterocycles. The lowest BCUT2D eigenvalue weighted by Gasteiger charge is -2.06. The topological polar surface area (TPSA) is 81.1 Å². The minimum Gasteiger partial charge on any atom is -0.398 e. The molecular formula is C12H23N3O. The number of rotatable bonds is 1. The number of nitrogens with two attached hydrogens (primary N) is 2. The maximum Gasteiger partial charge on any atom is 0.267 e. The summed E-state index contributed by atoms with van der Waals surface area (Å²) in [6.07, 6.45) is 0. The molecule has 0 unspecified atom stereocenters. The number of nitrogens with one attached hydrogen (secondary N) is 1. The minimum atomic E-state index is -0.356. The normalized spacial score (nSPS) is 7.88. The quantitative estimate of drug-likeness (QED) is 0.297. The van der Waals surface area contributed by atoms with Crippen molar-refractivity contribution in [1.29, 1.82) is 0 Å². The first-order valence-electron chi connectivity index (χ1n) is 5.53. The summed E-state index contributed by atoms with van der Waals surface area (Å²) in [4.78, 5) is 11.1. The smallest absolute Gasteiger partial charge is 0.267 e. The first kappa shape index (κ1) is 16.9. The van der Waals surface area contributed by atoms with Crippen LogP contribution in [0.15, 0.2) is 18.2 Å². The molecule has 0 aliphatic carbocycles. The predicted molar refractivity (Wildman–Crippen MR) is 69.9 cm³/mol. The molecule has 0 aliphatic rings. The largest absolute Gasteiger partial charge is 0.398 e. The lowest BCUT2D eigenvalue weighted by Crippen LogP contribution is -2.31. The van der Waals surface area contributed by atoms with Crippen LogP contribution in [0.3, 0.4) is 0 Å². The molecule has 0 bridgehead atoms. The maximum absolute atomic E-state index is 11.1. The lowest BCUT2D eigenvalue weighted by molar-refractivity contribution is 0.0954. The van der Waals surface area contributed by atoms with E-state index in [1.807, 2.05) is 33.1 Å². The van der Waals surface area contributed by atoms with Crippen molar-refractivity contribution in [2.45, 2.75) is 34.6 Å². The Hall–Kier alpha value is -1.55. The molecule has 5 N–H and O–H groups in total. The number of amides is 1. The molecule has 92 valence electrons. The Bertz CT molecular complexity index is 291. The van der Waals surface area contributed by atoms with E-state index in [1.54, 1.807) is 25.1 Å². The van der Waals surface area contributed by atoms with Crippen molar-refractivity contribution in [2.75, 3.05) is 5.73 Å². The second-order valence-corrected chi connectivity index (χ2v) is 2.51. The van der Waals surface area contributed by atoms with E-state index in [0.717, 1.165) is 5.56 Å². The van der Waals surface area contributed by atoms with Gasteiger partial charge in [-0.25, -0.2) is 5.84 Å². The van der Waals surface area contributed by atoms with E-state index >= 15 is 0 Å². The highest BCUT2D eigenvalue weighted by molar-refractivity contribution is 6.00. The Kier molecular flexibility index (Phi) is 10.5. The van der Waals surface area contributed by atoms with Gasteiger partial charge in [-0.05, 0) is 18.6 Å². The molecule has 0 saturated heterocycles. The Morgan fingerprint density at radius 2 is 1.69 bits per heavy atom. The van der Waals surface area contributed by atoms with Crippen LogP contribution in [0.1, 0.15) is 43.6 Å². The summed E-state index contributed by atoms with van der Waals surface area (Å²) >= 11 is 0. The summed E-state index contributed by atoms with van der Waals surface area (Å²) in [7, 11) is 0. The van der Waals surface area contributed by atoms with Crippen LogP contribution >= 0.6 is 0 Å². The molecule has 0 saturated carbocycles. The number of anilines is 1. The molecule has 1 rings (SSSR count). The Morgan fingerprint density at radius 1 is 1.19 bits per heavy atom. The fourth-order valence-corrected chi connectivity index (χ4v) is 1.07. The van der Waals surface area contributed by atoms with E-state index in [9.17, 15) is 4.79 Å². The molecule has 0 radical (unpaired) electrons.